The van der Waals surface area contributed by atoms with Crippen LogP contribution in [0.15, 0.2) is 34.8 Å². The number of carbonyl (C=O) groups is 1. The average Bonchev–Trinajstić information content (AvgIpc) is 2.70. The van der Waals surface area contributed by atoms with E-state index in [0.717, 1.165) is 33.4 Å². The van der Waals surface area contributed by atoms with Crippen LogP contribution in [0.4, 0.5) is 0 Å². The number of aromatic carboxylic acids is 1. The van der Waals surface area contributed by atoms with E-state index in [9.17, 15) is 4.79 Å². The second-order valence-corrected chi connectivity index (χ2v) is 6.34. The van der Waals surface area contributed by atoms with E-state index in [1.165, 1.54) is 0 Å². The van der Waals surface area contributed by atoms with Crippen LogP contribution in [0, 0.1) is 0 Å². The van der Waals surface area contributed by atoms with Gasteiger partial charge < -0.3 is 5.11 Å². The first-order valence-electron chi connectivity index (χ1n) is 5.33. The van der Waals surface area contributed by atoms with Crippen molar-refractivity contribution in [2.24, 2.45) is 0 Å². The third kappa shape index (κ3) is 3.13. The molecule has 0 spiro atoms. The maximum atomic E-state index is 11.1. The van der Waals surface area contributed by atoms with Crippen LogP contribution in [0.5, 0.6) is 0 Å². The Hall–Kier alpha value is -0.840. The highest BCUT2D eigenvalue weighted by atomic mass is 79.9. The molecule has 0 saturated carbocycles. The predicted molar refractivity (Wildman–Crippen MR) is 77.8 cm³/mol. The lowest BCUT2D eigenvalue weighted by Gasteiger charge is -2.03. The van der Waals surface area contributed by atoms with Crippen LogP contribution in [0.1, 0.15) is 20.8 Å². The van der Waals surface area contributed by atoms with E-state index in [-0.39, 0.29) is 0 Å². The fourth-order valence-electron chi connectivity index (χ4n) is 1.73. The summed E-state index contributed by atoms with van der Waals surface area (Å²) in [6, 6.07) is 9.68. The van der Waals surface area contributed by atoms with Crippen LogP contribution in [0.25, 0.3) is 0 Å². The minimum absolute atomic E-state index is 0.340. The maximum absolute atomic E-state index is 11.1. The molecule has 94 valence electrons. The summed E-state index contributed by atoms with van der Waals surface area (Å²) in [6.45, 7) is 0. The first-order chi connectivity index (χ1) is 8.58. The normalized spacial score (nSPS) is 10.6. The van der Waals surface area contributed by atoms with Gasteiger partial charge in [-0.05, 0) is 36.1 Å². The second kappa shape index (κ2) is 5.87. The molecule has 0 aliphatic carbocycles. The predicted octanol–water partition coefficient (Wildman–Crippen LogP) is 4.65. The van der Waals surface area contributed by atoms with E-state index in [1.807, 2.05) is 24.3 Å². The molecule has 1 aromatic heterocycles. The van der Waals surface area contributed by atoms with E-state index in [4.69, 9.17) is 16.7 Å². The number of hydrogen-bond donors (Lipinski definition) is 1. The van der Waals surface area contributed by atoms with Crippen molar-refractivity contribution in [1.29, 1.82) is 0 Å². The molecule has 1 N–H and O–H groups in total. The zero-order valence-corrected chi connectivity index (χ0v) is 12.5. The molecule has 0 unspecified atom stereocenters. The summed E-state index contributed by atoms with van der Waals surface area (Å²) < 4.78 is 1.57. The molecule has 1 heterocycles. The summed E-state index contributed by atoms with van der Waals surface area (Å²) in [6.07, 6.45) is 1.46. The number of hydrogen-bond acceptors (Lipinski definition) is 2. The zero-order valence-electron chi connectivity index (χ0n) is 9.32. The Kier molecular flexibility index (Phi) is 4.43. The van der Waals surface area contributed by atoms with Gasteiger partial charge in [0.1, 0.15) is 4.88 Å². The summed E-state index contributed by atoms with van der Waals surface area (Å²) in [5.74, 6) is -0.908. The summed E-state index contributed by atoms with van der Waals surface area (Å²) >= 11 is 10.5. The highest BCUT2D eigenvalue weighted by molar-refractivity contribution is 9.10. The molecule has 0 radical (unpaired) electrons. The molecule has 1 aromatic carbocycles. The molecular weight excluding hydrogens is 336 g/mol. The van der Waals surface area contributed by atoms with Gasteiger partial charge in [-0.25, -0.2) is 4.79 Å². The molecule has 0 aliphatic rings. The minimum atomic E-state index is -0.908. The van der Waals surface area contributed by atoms with Gasteiger partial charge in [-0.1, -0.05) is 45.7 Å². The molecule has 5 heteroatoms. The van der Waals surface area contributed by atoms with Crippen molar-refractivity contribution in [2.45, 2.75) is 12.8 Å². The Morgan fingerprint density at radius 3 is 2.61 bits per heavy atom. The first kappa shape index (κ1) is 13.6. The molecule has 0 atom stereocenters. The van der Waals surface area contributed by atoms with Crippen LogP contribution < -0.4 is 0 Å². The average molecular weight is 346 g/mol. The number of carboxylic acid groups (broad SMARTS) is 1. The van der Waals surface area contributed by atoms with Gasteiger partial charge in [0.25, 0.3) is 0 Å². The van der Waals surface area contributed by atoms with E-state index < -0.39 is 5.97 Å². The van der Waals surface area contributed by atoms with Crippen molar-refractivity contribution in [2.75, 3.05) is 0 Å². The van der Waals surface area contributed by atoms with Gasteiger partial charge in [0.05, 0.1) is 4.34 Å². The van der Waals surface area contributed by atoms with E-state index in [2.05, 4.69) is 15.9 Å². The second-order valence-electron chi connectivity index (χ2n) is 3.80. The number of halogens is 2. The number of aryl methyl sites for hydroxylation is 2. The minimum Gasteiger partial charge on any atom is -0.477 e. The summed E-state index contributed by atoms with van der Waals surface area (Å²) in [5.41, 5.74) is 1.96. The van der Waals surface area contributed by atoms with Gasteiger partial charge in [-0.3, -0.25) is 0 Å². The molecule has 0 fully saturated rings. The number of rotatable bonds is 4. The van der Waals surface area contributed by atoms with E-state index in [1.54, 1.807) is 6.07 Å². The Morgan fingerprint density at radius 1 is 1.28 bits per heavy atom. The summed E-state index contributed by atoms with van der Waals surface area (Å²) in [5, 5.41) is 9.07. The topological polar surface area (TPSA) is 37.3 Å². The summed E-state index contributed by atoms with van der Waals surface area (Å²) in [7, 11) is 0. The Labute approximate surface area is 122 Å². The molecule has 2 nitrogen and oxygen atoms in total. The van der Waals surface area contributed by atoms with Crippen molar-refractivity contribution < 1.29 is 9.90 Å². The van der Waals surface area contributed by atoms with Crippen LogP contribution >= 0.6 is 38.9 Å². The van der Waals surface area contributed by atoms with Gasteiger partial charge in [0.15, 0.2) is 0 Å². The standard InChI is InChI=1S/C13H10BrClO2S/c14-10-4-2-1-3-8(10)5-6-9-7-11(15)18-12(9)13(16)17/h1-4,7H,5-6H2,(H,16,17). The molecule has 2 aromatic rings. The van der Waals surface area contributed by atoms with Crippen molar-refractivity contribution in [1.82, 2.24) is 0 Å². The number of carboxylic acids is 1. The molecule has 0 bridgehead atoms. The number of benzene rings is 1. The largest absolute Gasteiger partial charge is 0.477 e. The van der Waals surface area contributed by atoms with Crippen molar-refractivity contribution in [3.05, 3.63) is 55.1 Å². The molecular formula is C13H10BrClO2S. The maximum Gasteiger partial charge on any atom is 0.346 e. The Bertz CT molecular complexity index is 580. The fraction of sp³-hybridized carbons (Fsp3) is 0.154. The monoisotopic (exact) mass is 344 g/mol. The fourth-order valence-corrected chi connectivity index (χ4v) is 3.35. The first-order valence-corrected chi connectivity index (χ1v) is 7.31. The SMILES string of the molecule is O=C(O)c1sc(Cl)cc1CCc1ccccc1Br. The van der Waals surface area contributed by atoms with Crippen molar-refractivity contribution in [3.63, 3.8) is 0 Å². The van der Waals surface area contributed by atoms with Gasteiger partial charge in [0.2, 0.25) is 0 Å². The van der Waals surface area contributed by atoms with Crippen molar-refractivity contribution >= 4 is 44.8 Å². The quantitative estimate of drug-likeness (QED) is 0.876. The molecule has 0 amide bonds. The van der Waals surface area contributed by atoms with Crippen LogP contribution in [-0.4, -0.2) is 11.1 Å². The highest BCUT2D eigenvalue weighted by Crippen LogP contribution is 2.28. The Morgan fingerprint density at radius 2 is 1.94 bits per heavy atom. The van der Waals surface area contributed by atoms with Crippen LogP contribution in [0.3, 0.4) is 0 Å². The van der Waals surface area contributed by atoms with Crippen molar-refractivity contribution in [3.8, 4) is 0 Å². The molecule has 0 saturated heterocycles. The third-order valence-electron chi connectivity index (χ3n) is 2.59. The zero-order chi connectivity index (χ0) is 13.1. The van der Waals surface area contributed by atoms with Gasteiger partial charge >= 0.3 is 5.97 Å². The molecule has 0 aliphatic heterocycles. The third-order valence-corrected chi connectivity index (χ3v) is 4.66. The van der Waals surface area contributed by atoms with Crippen LogP contribution in [0.2, 0.25) is 4.34 Å². The molecule has 2 rings (SSSR count). The lowest BCUT2D eigenvalue weighted by Crippen LogP contribution is -1.99. The highest BCUT2D eigenvalue weighted by Gasteiger charge is 2.14. The summed E-state index contributed by atoms with van der Waals surface area (Å²) in [4.78, 5) is 11.4. The number of thiophene rings is 1. The lowest BCUT2D eigenvalue weighted by atomic mass is 10.1. The van der Waals surface area contributed by atoms with Gasteiger partial charge in [-0.2, -0.15) is 0 Å². The molecule has 18 heavy (non-hydrogen) atoms. The van der Waals surface area contributed by atoms with E-state index >= 15 is 0 Å². The smallest absolute Gasteiger partial charge is 0.346 e. The Balaban J connectivity index is 2.16. The lowest BCUT2D eigenvalue weighted by molar-refractivity contribution is 0.0701. The van der Waals surface area contributed by atoms with Gasteiger partial charge in [-0.15, -0.1) is 11.3 Å². The van der Waals surface area contributed by atoms with Gasteiger partial charge in [0, 0.05) is 4.47 Å². The van der Waals surface area contributed by atoms with Crippen LogP contribution in [-0.2, 0) is 12.8 Å². The van der Waals surface area contributed by atoms with E-state index in [0.29, 0.717) is 15.6 Å².